The first-order chi connectivity index (χ1) is 13.6. The molecule has 0 saturated heterocycles. The molecular formula is C21H18N2O5. The van der Waals surface area contributed by atoms with Crippen molar-refractivity contribution in [2.24, 2.45) is 0 Å². The fourth-order valence-corrected chi connectivity index (χ4v) is 2.39. The molecule has 28 heavy (non-hydrogen) atoms. The van der Waals surface area contributed by atoms with Gasteiger partial charge in [0.2, 0.25) is 0 Å². The van der Waals surface area contributed by atoms with E-state index in [1.807, 2.05) is 6.92 Å². The highest BCUT2D eigenvalue weighted by Gasteiger charge is 2.16. The van der Waals surface area contributed by atoms with Gasteiger partial charge in [0.05, 0.1) is 13.4 Å². The van der Waals surface area contributed by atoms with E-state index in [1.54, 1.807) is 60.9 Å². The summed E-state index contributed by atoms with van der Waals surface area (Å²) in [7, 11) is 1.39. The monoisotopic (exact) mass is 378 g/mol. The highest BCUT2D eigenvalue weighted by Crippen LogP contribution is 2.32. The van der Waals surface area contributed by atoms with Crippen LogP contribution >= 0.6 is 0 Å². The summed E-state index contributed by atoms with van der Waals surface area (Å²) in [6.45, 7) is 1.89. The van der Waals surface area contributed by atoms with E-state index in [1.165, 1.54) is 13.4 Å². The molecule has 0 radical (unpaired) electrons. The molecule has 1 aromatic heterocycles. The molecule has 7 nitrogen and oxygen atoms in total. The maximum absolute atomic E-state index is 11.5. The summed E-state index contributed by atoms with van der Waals surface area (Å²) in [6, 6.07) is 13.9. The van der Waals surface area contributed by atoms with Crippen molar-refractivity contribution in [3.8, 4) is 23.3 Å². The van der Waals surface area contributed by atoms with Gasteiger partial charge in [0.15, 0.2) is 0 Å². The summed E-state index contributed by atoms with van der Waals surface area (Å²) in [5.74, 6) is 0.215. The molecule has 1 heterocycles. The van der Waals surface area contributed by atoms with Crippen molar-refractivity contribution < 1.29 is 24.1 Å². The normalized spacial score (nSPS) is 11.0. The predicted molar refractivity (Wildman–Crippen MR) is 102 cm³/mol. The lowest BCUT2D eigenvalue weighted by atomic mass is 10.1. The molecule has 0 amide bonds. The Labute approximate surface area is 161 Å². The van der Waals surface area contributed by atoms with E-state index in [9.17, 15) is 9.90 Å². The molecule has 3 aromatic rings. The van der Waals surface area contributed by atoms with E-state index in [-0.39, 0.29) is 11.6 Å². The Balaban J connectivity index is 1.86. The Morgan fingerprint density at radius 1 is 1.00 bits per heavy atom. The number of hydrogen-bond donors (Lipinski definition) is 1. The zero-order chi connectivity index (χ0) is 19.9. The van der Waals surface area contributed by atoms with Gasteiger partial charge in [-0.05, 0) is 30.7 Å². The van der Waals surface area contributed by atoms with Crippen LogP contribution in [0.15, 0.2) is 67.2 Å². The van der Waals surface area contributed by atoms with Crippen LogP contribution in [-0.2, 0) is 9.53 Å². The lowest BCUT2D eigenvalue weighted by molar-refractivity contribution is -0.130. The standard InChI is InChI=1S/C21H18N2O5/c1-14-11-22-21(23-12-14)28-16-7-5-6-15(10-16)27-19-9-4-3-8-17(19)18(13-26-2)20(24)25/h3-13H,1-2H3,(H,24,25). The summed E-state index contributed by atoms with van der Waals surface area (Å²) in [4.78, 5) is 19.7. The van der Waals surface area contributed by atoms with Gasteiger partial charge in [-0.2, -0.15) is 0 Å². The molecular weight excluding hydrogens is 360 g/mol. The van der Waals surface area contributed by atoms with E-state index in [4.69, 9.17) is 14.2 Å². The van der Waals surface area contributed by atoms with E-state index >= 15 is 0 Å². The number of aryl methyl sites for hydroxylation is 1. The van der Waals surface area contributed by atoms with Crippen molar-refractivity contribution in [3.63, 3.8) is 0 Å². The molecule has 0 atom stereocenters. The average Bonchev–Trinajstić information content (AvgIpc) is 2.69. The average molecular weight is 378 g/mol. The minimum absolute atomic E-state index is 0.0152. The van der Waals surface area contributed by atoms with Crippen LogP contribution in [0.5, 0.6) is 23.3 Å². The quantitative estimate of drug-likeness (QED) is 0.480. The number of aliphatic carboxylic acids is 1. The van der Waals surface area contributed by atoms with Crippen LogP contribution in [-0.4, -0.2) is 28.2 Å². The van der Waals surface area contributed by atoms with Gasteiger partial charge in [0, 0.05) is 24.0 Å². The third-order valence-electron chi connectivity index (χ3n) is 3.64. The lowest BCUT2D eigenvalue weighted by Crippen LogP contribution is -2.02. The summed E-state index contributed by atoms with van der Waals surface area (Å²) in [5.41, 5.74) is 1.31. The molecule has 0 saturated carbocycles. The van der Waals surface area contributed by atoms with Gasteiger partial charge in [0.1, 0.15) is 22.8 Å². The summed E-state index contributed by atoms with van der Waals surface area (Å²) in [6.07, 6.45) is 4.49. The van der Waals surface area contributed by atoms with Crippen LogP contribution in [0.1, 0.15) is 11.1 Å². The van der Waals surface area contributed by atoms with Gasteiger partial charge in [-0.25, -0.2) is 14.8 Å². The van der Waals surface area contributed by atoms with Crippen LogP contribution in [0.2, 0.25) is 0 Å². The first-order valence-electron chi connectivity index (χ1n) is 8.37. The van der Waals surface area contributed by atoms with Crippen molar-refractivity contribution in [2.45, 2.75) is 6.92 Å². The van der Waals surface area contributed by atoms with Crippen molar-refractivity contribution >= 4 is 11.5 Å². The van der Waals surface area contributed by atoms with Gasteiger partial charge in [-0.3, -0.25) is 0 Å². The third kappa shape index (κ3) is 4.64. The van der Waals surface area contributed by atoms with Crippen LogP contribution in [0.3, 0.4) is 0 Å². The molecule has 0 bridgehead atoms. The van der Waals surface area contributed by atoms with Crippen molar-refractivity contribution in [3.05, 3.63) is 78.3 Å². The van der Waals surface area contributed by atoms with Crippen LogP contribution in [0.4, 0.5) is 0 Å². The molecule has 0 aliphatic carbocycles. The number of carboxylic acids is 1. The van der Waals surface area contributed by atoms with Crippen LogP contribution < -0.4 is 9.47 Å². The number of carbonyl (C=O) groups is 1. The second-order valence-corrected chi connectivity index (χ2v) is 5.79. The maximum Gasteiger partial charge on any atom is 0.339 e. The molecule has 0 unspecified atom stereocenters. The van der Waals surface area contributed by atoms with Gasteiger partial charge in [-0.15, -0.1) is 0 Å². The number of hydrogen-bond acceptors (Lipinski definition) is 6. The number of nitrogens with zero attached hydrogens (tertiary/aromatic N) is 2. The number of aromatic nitrogens is 2. The molecule has 2 aromatic carbocycles. The van der Waals surface area contributed by atoms with Gasteiger partial charge >= 0.3 is 12.0 Å². The molecule has 0 spiro atoms. The molecule has 0 fully saturated rings. The second-order valence-electron chi connectivity index (χ2n) is 5.79. The molecule has 7 heteroatoms. The number of methoxy groups -OCH3 is 1. The van der Waals surface area contributed by atoms with Crippen molar-refractivity contribution in [1.82, 2.24) is 9.97 Å². The Bertz CT molecular complexity index is 1000. The fourth-order valence-electron chi connectivity index (χ4n) is 2.39. The number of rotatable bonds is 7. The first-order valence-corrected chi connectivity index (χ1v) is 8.37. The maximum atomic E-state index is 11.5. The third-order valence-corrected chi connectivity index (χ3v) is 3.64. The zero-order valence-corrected chi connectivity index (χ0v) is 15.3. The summed E-state index contributed by atoms with van der Waals surface area (Å²) < 4.78 is 16.4. The molecule has 142 valence electrons. The molecule has 0 aliphatic heterocycles. The first kappa shape index (κ1) is 18.9. The number of ether oxygens (including phenoxy) is 3. The number of benzene rings is 2. The SMILES string of the molecule is COC=C(C(=O)O)c1ccccc1Oc1cccc(Oc2ncc(C)cn2)c1. The molecule has 1 N–H and O–H groups in total. The number of para-hydroxylation sites is 1. The Morgan fingerprint density at radius 3 is 2.36 bits per heavy atom. The number of carboxylic acid groups (broad SMARTS) is 1. The van der Waals surface area contributed by atoms with Crippen molar-refractivity contribution in [2.75, 3.05) is 7.11 Å². The van der Waals surface area contributed by atoms with Crippen LogP contribution in [0.25, 0.3) is 5.57 Å². The minimum atomic E-state index is -1.12. The second kappa shape index (κ2) is 8.68. The van der Waals surface area contributed by atoms with E-state index < -0.39 is 5.97 Å². The zero-order valence-electron chi connectivity index (χ0n) is 15.3. The van der Waals surface area contributed by atoms with Gasteiger partial charge in [-0.1, -0.05) is 24.3 Å². The highest BCUT2D eigenvalue weighted by atomic mass is 16.5. The highest BCUT2D eigenvalue weighted by molar-refractivity contribution is 6.15. The largest absolute Gasteiger partial charge is 0.503 e. The lowest BCUT2D eigenvalue weighted by Gasteiger charge is -2.12. The van der Waals surface area contributed by atoms with Gasteiger partial charge < -0.3 is 19.3 Å². The topological polar surface area (TPSA) is 90.8 Å². The Hall–Kier alpha value is -3.87. The Morgan fingerprint density at radius 2 is 1.68 bits per heavy atom. The minimum Gasteiger partial charge on any atom is -0.503 e. The van der Waals surface area contributed by atoms with Gasteiger partial charge in [0.25, 0.3) is 0 Å². The smallest absolute Gasteiger partial charge is 0.339 e. The van der Waals surface area contributed by atoms with E-state index in [0.717, 1.165) is 5.56 Å². The molecule has 3 rings (SSSR count). The summed E-state index contributed by atoms with van der Waals surface area (Å²) >= 11 is 0. The Kier molecular flexibility index (Phi) is 5.86. The molecule has 0 aliphatic rings. The summed E-state index contributed by atoms with van der Waals surface area (Å²) in [5, 5.41) is 9.44. The van der Waals surface area contributed by atoms with E-state index in [0.29, 0.717) is 22.8 Å². The van der Waals surface area contributed by atoms with E-state index in [2.05, 4.69) is 9.97 Å². The van der Waals surface area contributed by atoms with Crippen molar-refractivity contribution in [1.29, 1.82) is 0 Å². The fraction of sp³-hybridized carbons (Fsp3) is 0.0952. The van der Waals surface area contributed by atoms with Crippen LogP contribution in [0, 0.1) is 6.92 Å². The predicted octanol–water partition coefficient (Wildman–Crippen LogP) is 4.44.